The van der Waals surface area contributed by atoms with Crippen LogP contribution in [0, 0.1) is 5.53 Å². The molecule has 0 saturated heterocycles. The minimum Gasteiger partial charge on any atom is -0.326 e. The fourth-order valence-electron chi connectivity index (χ4n) is 0.914. The zero-order valence-electron chi connectivity index (χ0n) is 8.78. The second-order valence-electron chi connectivity index (χ2n) is 2.78. The van der Waals surface area contributed by atoms with E-state index >= 15 is 0 Å². The van der Waals surface area contributed by atoms with E-state index in [9.17, 15) is 13.2 Å². The Kier molecular flexibility index (Phi) is 5.69. The third kappa shape index (κ3) is 6.15. The summed E-state index contributed by atoms with van der Waals surface area (Å²) in [4.78, 5) is 12.2. The zero-order chi connectivity index (χ0) is 13.5. The predicted molar refractivity (Wildman–Crippen MR) is 60.0 cm³/mol. The first-order chi connectivity index (χ1) is 7.81. The topological polar surface area (TPSA) is 144 Å². The summed E-state index contributed by atoms with van der Waals surface area (Å²) < 4.78 is 29.9. The van der Waals surface area contributed by atoms with Gasteiger partial charge in [-0.1, -0.05) is 0 Å². The Hall–Kier alpha value is -2.09. The van der Waals surface area contributed by atoms with E-state index in [4.69, 9.17) is 15.6 Å². The highest BCUT2D eigenvalue weighted by Crippen LogP contribution is 2.13. The van der Waals surface area contributed by atoms with Crippen molar-refractivity contribution in [2.24, 2.45) is 0 Å². The van der Waals surface area contributed by atoms with E-state index in [2.05, 4.69) is 5.32 Å². The van der Waals surface area contributed by atoms with Crippen LogP contribution < -0.4 is 5.32 Å². The molecule has 9 heteroatoms. The Labute approximate surface area is 97.4 Å². The number of benzene rings is 1. The summed E-state index contributed by atoms with van der Waals surface area (Å²) in [5.74, 6) is -0.246. The highest BCUT2D eigenvalue weighted by atomic mass is 32.2. The molecule has 0 aliphatic heterocycles. The van der Waals surface area contributed by atoms with E-state index < -0.39 is 10.1 Å². The van der Waals surface area contributed by atoms with Gasteiger partial charge in [-0.25, -0.2) is 0 Å². The summed E-state index contributed by atoms with van der Waals surface area (Å²) in [5, 5.41) is 2.47. The van der Waals surface area contributed by atoms with Crippen LogP contribution in [0.25, 0.3) is 10.4 Å². The third-order valence-electron chi connectivity index (χ3n) is 1.47. The molecule has 1 aromatic carbocycles. The molecule has 17 heavy (non-hydrogen) atoms. The number of amides is 1. The van der Waals surface area contributed by atoms with E-state index in [-0.39, 0.29) is 10.8 Å². The number of carbonyl (C=O) groups excluding carboxylic acids is 1. The van der Waals surface area contributed by atoms with Crippen LogP contribution in [0.15, 0.2) is 29.2 Å². The lowest BCUT2D eigenvalue weighted by Gasteiger charge is -2.01. The van der Waals surface area contributed by atoms with Gasteiger partial charge in [0.05, 0.1) is 4.90 Å². The number of carbonyl (C=O) groups is 1. The van der Waals surface area contributed by atoms with Crippen molar-refractivity contribution in [1.29, 1.82) is 5.53 Å². The van der Waals surface area contributed by atoms with Crippen molar-refractivity contribution in [3.63, 3.8) is 0 Å². The molecule has 0 atom stereocenters. The maximum absolute atomic E-state index is 10.6. The van der Waals surface area contributed by atoms with Crippen LogP contribution >= 0.6 is 0 Å². The Bertz CT molecular complexity index is 517. The van der Waals surface area contributed by atoms with E-state index in [1.807, 2.05) is 0 Å². The van der Waals surface area contributed by atoms with Gasteiger partial charge in [0.1, 0.15) is 0 Å². The van der Waals surface area contributed by atoms with Crippen molar-refractivity contribution in [2.45, 2.75) is 11.8 Å². The molecule has 1 rings (SSSR count). The molecule has 0 fully saturated rings. The van der Waals surface area contributed by atoms with E-state index in [1.54, 1.807) is 4.91 Å². The Morgan fingerprint density at radius 2 is 1.82 bits per heavy atom. The highest BCUT2D eigenvalue weighted by molar-refractivity contribution is 7.85. The second kappa shape index (κ2) is 6.48. The molecule has 3 N–H and O–H groups in total. The van der Waals surface area contributed by atoms with Crippen molar-refractivity contribution in [2.75, 3.05) is 5.32 Å². The number of rotatable bonds is 2. The standard InChI is InChI=1S/C8H9NO4S.HN3/c1-6(10)9-7-2-4-8(5-3-7)14(11,12)13;1-3-2/h2-5H,1H3,(H,9,10)(H,11,12,13);1H. The largest absolute Gasteiger partial charge is 0.326 e. The monoisotopic (exact) mass is 258 g/mol. The minimum atomic E-state index is -4.16. The summed E-state index contributed by atoms with van der Waals surface area (Å²) >= 11 is 0. The predicted octanol–water partition coefficient (Wildman–Crippen LogP) is 1.77. The van der Waals surface area contributed by atoms with Crippen LogP contribution in [0.3, 0.4) is 0 Å². The maximum atomic E-state index is 10.6. The van der Waals surface area contributed by atoms with Crippen LogP contribution in [0.2, 0.25) is 0 Å². The summed E-state index contributed by atoms with van der Waals surface area (Å²) in [5.41, 5.74) is 12.7. The summed E-state index contributed by atoms with van der Waals surface area (Å²) in [7, 11) is -4.16. The summed E-state index contributed by atoms with van der Waals surface area (Å²) in [6.45, 7) is 1.34. The normalized spacial score (nSPS) is 9.53. The molecule has 0 aromatic heterocycles. The Morgan fingerprint density at radius 1 is 1.41 bits per heavy atom. The lowest BCUT2D eigenvalue weighted by molar-refractivity contribution is -0.114. The van der Waals surface area contributed by atoms with Gasteiger partial charge in [0, 0.05) is 12.6 Å². The number of hydrogen-bond donors (Lipinski definition) is 3. The van der Waals surface area contributed by atoms with E-state index in [0.717, 1.165) is 0 Å². The average Bonchev–Trinajstić information content (AvgIpc) is 2.17. The van der Waals surface area contributed by atoms with Gasteiger partial charge in [0.25, 0.3) is 10.1 Å². The van der Waals surface area contributed by atoms with Gasteiger partial charge in [-0.3, -0.25) is 9.35 Å². The van der Waals surface area contributed by atoms with Gasteiger partial charge < -0.3 is 5.32 Å². The van der Waals surface area contributed by atoms with Gasteiger partial charge in [0.15, 0.2) is 0 Å². The number of nitrogens with zero attached hydrogens (tertiary/aromatic N) is 2. The first-order valence-corrected chi connectivity index (χ1v) is 5.61. The average molecular weight is 258 g/mol. The molecule has 0 bridgehead atoms. The second-order valence-corrected chi connectivity index (χ2v) is 4.20. The molecule has 1 amide bonds. The lowest BCUT2D eigenvalue weighted by Crippen LogP contribution is -2.06. The Balaban J connectivity index is 0.000000770. The number of hydrogen-bond acceptors (Lipinski definition) is 4. The quantitative estimate of drug-likeness (QED) is 0.321. The van der Waals surface area contributed by atoms with Crippen molar-refractivity contribution < 1.29 is 17.8 Å². The summed E-state index contributed by atoms with van der Waals surface area (Å²) in [6, 6.07) is 5.20. The first kappa shape index (κ1) is 14.9. The van der Waals surface area contributed by atoms with E-state index in [1.165, 1.54) is 31.2 Å². The molecule has 0 aliphatic rings. The number of anilines is 1. The smallest absolute Gasteiger partial charge is 0.294 e. The highest BCUT2D eigenvalue weighted by Gasteiger charge is 2.08. The first-order valence-electron chi connectivity index (χ1n) is 4.17. The van der Waals surface area contributed by atoms with Crippen LogP contribution in [0.5, 0.6) is 0 Å². The molecule has 8 nitrogen and oxygen atoms in total. The zero-order valence-corrected chi connectivity index (χ0v) is 9.60. The lowest BCUT2D eigenvalue weighted by atomic mass is 10.3. The van der Waals surface area contributed by atoms with E-state index in [0.29, 0.717) is 5.69 Å². The van der Waals surface area contributed by atoms with Gasteiger partial charge in [-0.2, -0.15) is 8.42 Å². The fraction of sp³-hybridized carbons (Fsp3) is 0.125. The molecule has 1 aromatic rings. The molecule has 92 valence electrons. The van der Waals surface area contributed by atoms with Crippen molar-refractivity contribution in [3.05, 3.63) is 34.7 Å². The third-order valence-corrected chi connectivity index (χ3v) is 2.34. The van der Waals surface area contributed by atoms with Gasteiger partial charge in [0.2, 0.25) is 5.91 Å². The SMILES string of the molecule is CC(=O)Nc1ccc(S(=O)(=O)O)cc1.[N-]=[N+]=N. The van der Waals surface area contributed by atoms with Crippen LogP contribution in [-0.4, -0.2) is 18.9 Å². The number of nitrogens with one attached hydrogen (secondary N) is 2. The van der Waals surface area contributed by atoms with Crippen molar-refractivity contribution in [1.82, 2.24) is 0 Å². The molecule has 0 aliphatic carbocycles. The molecule has 0 saturated carbocycles. The molecule has 0 unspecified atom stereocenters. The van der Waals surface area contributed by atoms with Crippen molar-refractivity contribution >= 4 is 21.7 Å². The molecular weight excluding hydrogens is 248 g/mol. The minimum absolute atomic E-state index is 0.202. The molecule has 0 spiro atoms. The maximum Gasteiger partial charge on any atom is 0.294 e. The van der Waals surface area contributed by atoms with Crippen molar-refractivity contribution in [3.8, 4) is 0 Å². The fourth-order valence-corrected chi connectivity index (χ4v) is 1.39. The van der Waals surface area contributed by atoms with Crippen LogP contribution in [-0.2, 0) is 14.9 Å². The molecule has 0 heterocycles. The summed E-state index contributed by atoms with van der Waals surface area (Å²) in [6.07, 6.45) is 0. The molecule has 0 radical (unpaired) electrons. The Morgan fingerprint density at radius 3 is 2.12 bits per heavy atom. The van der Waals surface area contributed by atoms with Gasteiger partial charge in [-0.15, -0.1) is 5.53 Å². The van der Waals surface area contributed by atoms with Crippen LogP contribution in [0.4, 0.5) is 5.69 Å². The van der Waals surface area contributed by atoms with Crippen LogP contribution in [0.1, 0.15) is 6.92 Å². The van der Waals surface area contributed by atoms with Gasteiger partial charge >= 0.3 is 0 Å². The molecular formula is C8H10N4O4S. The van der Waals surface area contributed by atoms with Gasteiger partial charge in [-0.05, 0) is 34.7 Å².